The van der Waals surface area contributed by atoms with Crippen molar-refractivity contribution in [2.75, 3.05) is 0 Å². The normalized spacial score (nSPS) is 15.5. The summed E-state index contributed by atoms with van der Waals surface area (Å²) in [5.74, 6) is -0.220. The first-order valence-electron chi connectivity index (χ1n) is 7.79. The Balaban J connectivity index is 1.86. The maximum Gasteiger partial charge on any atom is 0.123 e. The van der Waals surface area contributed by atoms with E-state index in [0.717, 1.165) is 22.5 Å². The second-order valence-electron chi connectivity index (χ2n) is 5.89. The maximum atomic E-state index is 13.2. The van der Waals surface area contributed by atoms with Gasteiger partial charge in [0.25, 0.3) is 0 Å². The minimum absolute atomic E-state index is 0.220. The van der Waals surface area contributed by atoms with Gasteiger partial charge in [-0.15, -0.1) is 0 Å². The van der Waals surface area contributed by atoms with Gasteiger partial charge in [0.2, 0.25) is 0 Å². The van der Waals surface area contributed by atoms with Crippen LogP contribution >= 0.6 is 0 Å². The Hall–Kier alpha value is -2.36. The quantitative estimate of drug-likeness (QED) is 0.740. The Morgan fingerprint density at radius 1 is 1.05 bits per heavy atom. The van der Waals surface area contributed by atoms with Crippen LogP contribution in [0, 0.1) is 5.82 Å². The number of benzene rings is 1. The Kier molecular flexibility index (Phi) is 3.29. The van der Waals surface area contributed by atoms with Crippen molar-refractivity contribution < 1.29 is 4.39 Å². The molecule has 3 nitrogen and oxygen atoms in total. The summed E-state index contributed by atoms with van der Waals surface area (Å²) in [5, 5.41) is 0. The molecule has 112 valence electrons. The predicted octanol–water partition coefficient (Wildman–Crippen LogP) is 4.80. The van der Waals surface area contributed by atoms with Crippen molar-refractivity contribution in [2.45, 2.75) is 31.7 Å². The van der Waals surface area contributed by atoms with Crippen molar-refractivity contribution in [1.82, 2.24) is 14.5 Å². The second kappa shape index (κ2) is 5.44. The number of aromatic nitrogens is 3. The van der Waals surface area contributed by atoms with E-state index in [4.69, 9.17) is 0 Å². The molecule has 0 unspecified atom stereocenters. The lowest BCUT2D eigenvalue weighted by molar-refractivity contribution is 0.523. The molecule has 22 heavy (non-hydrogen) atoms. The molecule has 3 aromatic rings. The van der Waals surface area contributed by atoms with Crippen LogP contribution in [-0.2, 0) is 0 Å². The third kappa shape index (κ3) is 2.25. The van der Waals surface area contributed by atoms with Crippen LogP contribution in [0.1, 0.15) is 31.7 Å². The van der Waals surface area contributed by atoms with E-state index >= 15 is 0 Å². The van der Waals surface area contributed by atoms with Gasteiger partial charge in [-0.3, -0.25) is 0 Å². The molecule has 1 aliphatic rings. The average molecular weight is 295 g/mol. The molecule has 0 atom stereocenters. The van der Waals surface area contributed by atoms with Crippen molar-refractivity contribution in [1.29, 1.82) is 0 Å². The molecule has 1 aromatic carbocycles. The number of aromatic amines is 1. The molecule has 1 fully saturated rings. The van der Waals surface area contributed by atoms with E-state index in [-0.39, 0.29) is 5.82 Å². The monoisotopic (exact) mass is 295 g/mol. The van der Waals surface area contributed by atoms with E-state index < -0.39 is 0 Å². The fourth-order valence-corrected chi connectivity index (χ4v) is 3.40. The van der Waals surface area contributed by atoms with Crippen LogP contribution in [0.15, 0.2) is 49.1 Å². The number of nitrogens with one attached hydrogen (secondary N) is 1. The van der Waals surface area contributed by atoms with Crippen LogP contribution in [-0.4, -0.2) is 14.5 Å². The van der Waals surface area contributed by atoms with Gasteiger partial charge in [-0.1, -0.05) is 12.8 Å². The molecule has 0 saturated heterocycles. The summed E-state index contributed by atoms with van der Waals surface area (Å²) in [4.78, 5) is 7.77. The highest BCUT2D eigenvalue weighted by Crippen LogP contribution is 2.38. The molecule has 0 bridgehead atoms. The van der Waals surface area contributed by atoms with Gasteiger partial charge in [-0.2, -0.15) is 0 Å². The summed E-state index contributed by atoms with van der Waals surface area (Å²) in [7, 11) is 0. The van der Waals surface area contributed by atoms with Crippen molar-refractivity contribution in [2.24, 2.45) is 0 Å². The van der Waals surface area contributed by atoms with E-state index in [1.807, 2.05) is 18.7 Å². The third-order valence-corrected chi connectivity index (χ3v) is 4.50. The summed E-state index contributed by atoms with van der Waals surface area (Å²) in [5.41, 5.74) is 4.13. The van der Waals surface area contributed by atoms with Gasteiger partial charge < -0.3 is 9.55 Å². The van der Waals surface area contributed by atoms with Gasteiger partial charge in [0, 0.05) is 29.6 Å². The van der Waals surface area contributed by atoms with Crippen LogP contribution in [0.3, 0.4) is 0 Å². The Labute approximate surface area is 128 Å². The first-order chi connectivity index (χ1) is 10.8. The summed E-state index contributed by atoms with van der Waals surface area (Å²) in [6.45, 7) is 0. The Morgan fingerprint density at radius 3 is 2.50 bits per heavy atom. The summed E-state index contributed by atoms with van der Waals surface area (Å²) >= 11 is 0. The van der Waals surface area contributed by atoms with E-state index in [2.05, 4.69) is 20.6 Å². The highest BCUT2D eigenvalue weighted by molar-refractivity contribution is 5.78. The fraction of sp³-hybridized carbons (Fsp3) is 0.278. The number of nitrogens with zero attached hydrogens (tertiary/aromatic N) is 2. The largest absolute Gasteiger partial charge is 0.367 e. The van der Waals surface area contributed by atoms with Crippen molar-refractivity contribution in [3.05, 3.63) is 54.9 Å². The number of halogens is 1. The number of hydrogen-bond acceptors (Lipinski definition) is 1. The molecule has 0 spiro atoms. The summed E-state index contributed by atoms with van der Waals surface area (Å²) in [6.07, 6.45) is 10.8. The molecule has 0 radical (unpaired) electrons. The van der Waals surface area contributed by atoms with Gasteiger partial charge in [0.1, 0.15) is 5.82 Å². The molecule has 0 aliphatic heterocycles. The van der Waals surface area contributed by atoms with Crippen LogP contribution in [0.5, 0.6) is 0 Å². The number of hydrogen-bond donors (Lipinski definition) is 1. The summed E-state index contributed by atoms with van der Waals surface area (Å²) < 4.78 is 15.5. The zero-order valence-corrected chi connectivity index (χ0v) is 12.3. The van der Waals surface area contributed by atoms with Crippen LogP contribution in [0.4, 0.5) is 4.39 Å². The summed E-state index contributed by atoms with van der Waals surface area (Å²) in [6, 6.07) is 9.16. The van der Waals surface area contributed by atoms with Gasteiger partial charge in [0.05, 0.1) is 17.7 Å². The predicted molar refractivity (Wildman–Crippen MR) is 84.9 cm³/mol. The first-order valence-corrected chi connectivity index (χ1v) is 7.79. The third-order valence-electron chi connectivity index (χ3n) is 4.50. The number of rotatable bonds is 3. The highest BCUT2D eigenvalue weighted by atomic mass is 19.1. The molecule has 1 N–H and O–H groups in total. The fourth-order valence-electron chi connectivity index (χ4n) is 3.40. The van der Waals surface area contributed by atoms with E-state index in [0.29, 0.717) is 6.04 Å². The zero-order chi connectivity index (χ0) is 14.9. The minimum Gasteiger partial charge on any atom is -0.367 e. The topological polar surface area (TPSA) is 33.6 Å². The Bertz CT molecular complexity index is 750. The lowest BCUT2D eigenvalue weighted by Gasteiger charge is -2.15. The van der Waals surface area contributed by atoms with Crippen molar-refractivity contribution >= 4 is 0 Å². The van der Waals surface area contributed by atoms with E-state index in [9.17, 15) is 4.39 Å². The molecule has 1 aliphatic carbocycles. The number of H-pyrrole nitrogens is 1. The Morgan fingerprint density at radius 2 is 1.82 bits per heavy atom. The average Bonchev–Trinajstić information content (AvgIpc) is 3.27. The lowest BCUT2D eigenvalue weighted by Crippen LogP contribution is -2.05. The second-order valence-corrected chi connectivity index (χ2v) is 5.89. The van der Waals surface area contributed by atoms with E-state index in [1.165, 1.54) is 37.8 Å². The smallest absolute Gasteiger partial charge is 0.123 e. The van der Waals surface area contributed by atoms with Crippen LogP contribution in [0.25, 0.3) is 22.5 Å². The van der Waals surface area contributed by atoms with Crippen LogP contribution < -0.4 is 0 Å². The molecule has 4 heteroatoms. The zero-order valence-electron chi connectivity index (χ0n) is 12.3. The van der Waals surface area contributed by atoms with Gasteiger partial charge in [0.15, 0.2) is 0 Å². The van der Waals surface area contributed by atoms with Crippen molar-refractivity contribution in [3.63, 3.8) is 0 Å². The standard InChI is InChI=1S/C18H18FN3/c19-15-7-5-13(6-8-15)17-18(14-9-10-20-11-14)22(12-21-17)16-3-1-2-4-16/h5-12,16,20H,1-4H2. The van der Waals surface area contributed by atoms with Crippen LogP contribution in [0.2, 0.25) is 0 Å². The lowest BCUT2D eigenvalue weighted by atomic mass is 10.1. The van der Waals surface area contributed by atoms with E-state index in [1.54, 1.807) is 12.1 Å². The first kappa shape index (κ1) is 13.3. The minimum atomic E-state index is -0.220. The molecule has 4 rings (SSSR count). The number of imidazole rings is 1. The molecule has 2 heterocycles. The van der Waals surface area contributed by atoms with Gasteiger partial charge in [-0.05, 0) is 43.2 Å². The molecule has 1 saturated carbocycles. The molecular weight excluding hydrogens is 277 g/mol. The van der Waals surface area contributed by atoms with Gasteiger partial charge in [-0.25, -0.2) is 9.37 Å². The SMILES string of the molecule is Fc1ccc(-c2ncn(C3CCCC3)c2-c2cc[nH]c2)cc1. The molecular formula is C18H18FN3. The molecule has 2 aromatic heterocycles. The molecule has 0 amide bonds. The van der Waals surface area contributed by atoms with Crippen molar-refractivity contribution in [3.8, 4) is 22.5 Å². The highest BCUT2D eigenvalue weighted by Gasteiger charge is 2.23. The maximum absolute atomic E-state index is 13.2. The van der Waals surface area contributed by atoms with Gasteiger partial charge >= 0.3 is 0 Å².